The number of hydrogen-bond acceptors (Lipinski definition) is 4. The molecule has 0 bridgehead atoms. The summed E-state index contributed by atoms with van der Waals surface area (Å²) in [6.45, 7) is 5.49. The number of hydrogen-bond donors (Lipinski definition) is 0. The molecule has 0 spiro atoms. The fraction of sp³-hybridized carbons (Fsp3) is 0.188. The summed E-state index contributed by atoms with van der Waals surface area (Å²) in [6.07, 6.45) is 21.5. The van der Waals surface area contributed by atoms with Crippen molar-refractivity contribution in [3.8, 4) is 22.5 Å². The first kappa shape index (κ1) is 23.6. The molecule has 5 rings (SSSR count). The number of rotatable bonds is 2. The lowest BCUT2D eigenvalue weighted by Crippen LogP contribution is -2.03. The van der Waals surface area contributed by atoms with Crippen molar-refractivity contribution in [3.63, 3.8) is 0 Å². The second kappa shape index (κ2) is 10.6. The van der Waals surface area contributed by atoms with Crippen molar-refractivity contribution in [1.29, 1.82) is 0 Å². The highest BCUT2D eigenvalue weighted by molar-refractivity contribution is 5.73. The Kier molecular flexibility index (Phi) is 6.94. The summed E-state index contributed by atoms with van der Waals surface area (Å²) in [7, 11) is 0. The van der Waals surface area contributed by atoms with Crippen LogP contribution in [0.15, 0.2) is 95.0 Å². The van der Waals surface area contributed by atoms with Crippen LogP contribution in [0.4, 0.5) is 0 Å². The average Bonchev–Trinajstić information content (AvgIpc) is 2.90. The first-order chi connectivity index (χ1) is 17.6. The third-order valence-electron chi connectivity index (χ3n) is 6.28. The molecule has 0 saturated carbocycles. The summed E-state index contributed by atoms with van der Waals surface area (Å²) in [6, 6.07) is 16.9. The van der Waals surface area contributed by atoms with Gasteiger partial charge >= 0.3 is 0 Å². The van der Waals surface area contributed by atoms with Crippen LogP contribution in [-0.2, 0) is 13.1 Å². The van der Waals surface area contributed by atoms with Crippen molar-refractivity contribution >= 4 is 24.6 Å². The van der Waals surface area contributed by atoms with Crippen molar-refractivity contribution in [2.75, 3.05) is 0 Å². The van der Waals surface area contributed by atoms with Gasteiger partial charge in [-0.05, 0) is 41.8 Å². The third kappa shape index (κ3) is 5.72. The van der Waals surface area contributed by atoms with Crippen LogP contribution in [0.3, 0.4) is 0 Å². The maximum absolute atomic E-state index is 4.97. The smallest absolute Gasteiger partial charge is 0.0818 e. The van der Waals surface area contributed by atoms with Crippen LogP contribution in [0.25, 0.3) is 34.7 Å². The first-order valence-electron chi connectivity index (χ1n) is 12.4. The van der Waals surface area contributed by atoms with Gasteiger partial charge in [-0.1, -0.05) is 86.7 Å². The molecule has 0 radical (unpaired) electrons. The molecule has 4 heterocycles. The van der Waals surface area contributed by atoms with Gasteiger partial charge in [0.05, 0.1) is 35.9 Å². The maximum atomic E-state index is 4.97. The Morgan fingerprint density at radius 1 is 0.611 bits per heavy atom. The molecule has 4 nitrogen and oxygen atoms in total. The predicted octanol–water partition coefficient (Wildman–Crippen LogP) is 7.53. The molecule has 3 aromatic rings. The molecule has 4 heteroatoms. The third-order valence-corrected chi connectivity index (χ3v) is 6.28. The molecule has 0 amide bonds. The molecule has 0 fully saturated rings. The Bertz CT molecular complexity index is 1420. The lowest BCUT2D eigenvalue weighted by atomic mass is 9.91. The monoisotopic (exact) mass is 470 g/mol. The van der Waals surface area contributed by atoms with Gasteiger partial charge in [0.2, 0.25) is 0 Å². The van der Waals surface area contributed by atoms with E-state index in [1.165, 1.54) is 0 Å². The second-order valence-electron chi connectivity index (χ2n) is 9.60. The van der Waals surface area contributed by atoms with Crippen LogP contribution < -0.4 is 0 Å². The molecular weight excluding hydrogens is 440 g/mol. The van der Waals surface area contributed by atoms with E-state index in [4.69, 9.17) is 9.97 Å². The van der Waals surface area contributed by atoms with E-state index in [1.54, 1.807) is 0 Å². The topological polar surface area (TPSA) is 50.5 Å². The van der Waals surface area contributed by atoms with Gasteiger partial charge in [-0.3, -0.25) is 20.0 Å². The zero-order valence-corrected chi connectivity index (χ0v) is 20.8. The highest BCUT2D eigenvalue weighted by Crippen LogP contribution is 2.27. The zero-order chi connectivity index (χ0) is 24.8. The molecule has 2 aromatic heterocycles. The molecule has 1 aromatic carbocycles. The second-order valence-corrected chi connectivity index (χ2v) is 9.60. The van der Waals surface area contributed by atoms with Gasteiger partial charge in [0.15, 0.2) is 0 Å². The van der Waals surface area contributed by atoms with E-state index in [-0.39, 0.29) is 5.41 Å². The Labute approximate surface area is 213 Å². The van der Waals surface area contributed by atoms with E-state index >= 15 is 0 Å². The Hall–Kier alpha value is -4.18. The minimum atomic E-state index is -0.0313. The molecule has 0 N–H and O–H groups in total. The lowest BCUT2D eigenvalue weighted by Gasteiger charge is -2.15. The normalized spacial score (nSPS) is 21.7. The number of allylic oxidation sites excluding steroid dienone is 6. The summed E-state index contributed by atoms with van der Waals surface area (Å²) < 4.78 is 0. The number of aromatic nitrogens is 2. The summed E-state index contributed by atoms with van der Waals surface area (Å²) in [5.41, 5.74) is 8.21. The maximum Gasteiger partial charge on any atom is 0.0818 e. The average molecular weight is 471 g/mol. The van der Waals surface area contributed by atoms with Crippen LogP contribution in [0.1, 0.15) is 42.8 Å². The molecular formula is C32H30N4. The summed E-state index contributed by atoms with van der Waals surface area (Å²) >= 11 is 0. The Morgan fingerprint density at radius 2 is 1.19 bits per heavy atom. The van der Waals surface area contributed by atoms with Gasteiger partial charge in [0.1, 0.15) is 0 Å². The van der Waals surface area contributed by atoms with Crippen LogP contribution in [0.5, 0.6) is 0 Å². The van der Waals surface area contributed by atoms with Crippen LogP contribution in [-0.4, -0.2) is 22.4 Å². The highest BCUT2D eigenvalue weighted by Gasteiger charge is 2.12. The molecule has 0 aliphatic carbocycles. The minimum Gasteiger partial charge on any atom is -0.287 e. The van der Waals surface area contributed by atoms with Gasteiger partial charge in [-0.25, -0.2) is 0 Å². The first-order valence-corrected chi connectivity index (χ1v) is 12.4. The van der Waals surface area contributed by atoms with Crippen molar-refractivity contribution < 1.29 is 0 Å². The van der Waals surface area contributed by atoms with E-state index in [9.17, 15) is 0 Å². The number of aliphatic imine (C=N–C) groups is 2. The van der Waals surface area contributed by atoms with Gasteiger partial charge in [0, 0.05) is 29.0 Å². The molecule has 0 unspecified atom stereocenters. The number of nitrogens with zero attached hydrogens (tertiary/aromatic N) is 4. The van der Waals surface area contributed by atoms with Crippen molar-refractivity contribution in [1.82, 2.24) is 9.97 Å². The molecule has 178 valence electrons. The molecule has 0 saturated heterocycles. The van der Waals surface area contributed by atoms with Crippen molar-refractivity contribution in [2.45, 2.75) is 33.4 Å². The molecule has 36 heavy (non-hydrogen) atoms. The highest BCUT2D eigenvalue weighted by atomic mass is 14.8. The SMILES string of the molecule is CC1(C)/C=C\C=N/Cc2nc(-c3ccc(-c4ccc5c(n4)C/N=C\C=C/C/C=C\5)cc3)ccc2/C=C\1. The fourth-order valence-electron chi connectivity index (χ4n) is 4.18. The standard InChI is InChI=1S/C32H30N4/c1-32(2)18-7-21-34-23-31-27(17-19-32)14-16-29(36-31)26-11-9-25(10-12-26)28-15-13-24-8-5-3-4-6-20-33-22-30(24)35-28/h4-21H,3,22-23H2,1-2H3/b6-4-,8-5-,18-7-,19-17-,33-20-,34-21-. The number of pyridine rings is 2. The molecule has 2 aliphatic heterocycles. The quantitative estimate of drug-likeness (QED) is 0.388. The van der Waals surface area contributed by atoms with Crippen LogP contribution in [0, 0.1) is 5.41 Å². The van der Waals surface area contributed by atoms with Crippen LogP contribution >= 0.6 is 0 Å². The van der Waals surface area contributed by atoms with Gasteiger partial charge in [-0.2, -0.15) is 0 Å². The summed E-state index contributed by atoms with van der Waals surface area (Å²) in [4.78, 5) is 18.9. The van der Waals surface area contributed by atoms with Gasteiger partial charge in [0.25, 0.3) is 0 Å². The largest absolute Gasteiger partial charge is 0.287 e. The van der Waals surface area contributed by atoms with Crippen LogP contribution in [0.2, 0.25) is 0 Å². The zero-order valence-electron chi connectivity index (χ0n) is 20.8. The van der Waals surface area contributed by atoms with Gasteiger partial charge in [-0.15, -0.1) is 0 Å². The Balaban J connectivity index is 1.42. The number of fused-ring (bicyclic) bond motifs is 2. The van der Waals surface area contributed by atoms with E-state index < -0.39 is 0 Å². The van der Waals surface area contributed by atoms with E-state index in [0.717, 1.165) is 51.5 Å². The summed E-state index contributed by atoms with van der Waals surface area (Å²) in [5.74, 6) is 0. The van der Waals surface area contributed by atoms with E-state index in [1.807, 2.05) is 24.6 Å². The van der Waals surface area contributed by atoms with Crippen molar-refractivity contribution in [2.24, 2.45) is 15.4 Å². The molecule has 2 aliphatic rings. The molecule has 0 atom stereocenters. The predicted molar refractivity (Wildman–Crippen MR) is 152 cm³/mol. The van der Waals surface area contributed by atoms with E-state index in [2.05, 4.69) is 109 Å². The minimum absolute atomic E-state index is 0.0313. The van der Waals surface area contributed by atoms with Crippen molar-refractivity contribution in [3.05, 3.63) is 108 Å². The summed E-state index contributed by atoms with van der Waals surface area (Å²) in [5, 5.41) is 0. The lowest BCUT2D eigenvalue weighted by molar-refractivity contribution is 0.630. The van der Waals surface area contributed by atoms with E-state index in [0.29, 0.717) is 13.1 Å². The number of benzene rings is 1. The Morgan fingerprint density at radius 3 is 1.83 bits per heavy atom. The fourth-order valence-corrected chi connectivity index (χ4v) is 4.18. The van der Waals surface area contributed by atoms with Gasteiger partial charge < -0.3 is 0 Å².